The number of aryl methyl sites for hydroxylation is 1. The number of fused-ring (bicyclic) bond motifs is 2. The van der Waals surface area contributed by atoms with Gasteiger partial charge in [-0.25, -0.2) is 0 Å². The van der Waals surface area contributed by atoms with Gasteiger partial charge in [0, 0.05) is 18.7 Å². The van der Waals surface area contributed by atoms with Crippen molar-refractivity contribution in [2.75, 3.05) is 19.7 Å². The molecule has 0 bridgehead atoms. The highest BCUT2D eigenvalue weighted by atomic mass is 16.5. The smallest absolute Gasteiger partial charge is 0.123 e. The average molecular weight is 319 g/mol. The quantitative estimate of drug-likeness (QED) is 0.807. The molecule has 2 aromatic carbocycles. The van der Waals surface area contributed by atoms with Crippen LogP contribution in [0.3, 0.4) is 0 Å². The molecule has 0 N–H and O–H groups in total. The molecular formula is C22H25NO. The number of allylic oxidation sites excluding steroid dienone is 1. The van der Waals surface area contributed by atoms with Crippen molar-refractivity contribution in [3.8, 4) is 5.75 Å². The Morgan fingerprint density at radius 3 is 2.88 bits per heavy atom. The van der Waals surface area contributed by atoms with Gasteiger partial charge in [0.2, 0.25) is 0 Å². The summed E-state index contributed by atoms with van der Waals surface area (Å²) in [5.74, 6) is 1.06. The highest BCUT2D eigenvalue weighted by molar-refractivity contribution is 5.84. The molecule has 2 nitrogen and oxygen atoms in total. The number of benzene rings is 2. The van der Waals surface area contributed by atoms with Crippen LogP contribution in [0.15, 0.2) is 42.5 Å². The number of rotatable bonds is 3. The average Bonchev–Trinajstić information content (AvgIpc) is 2.82. The van der Waals surface area contributed by atoms with E-state index in [1.165, 1.54) is 34.2 Å². The minimum Gasteiger partial charge on any atom is -0.492 e. The summed E-state index contributed by atoms with van der Waals surface area (Å²) in [6.07, 6.45) is 5.81. The van der Waals surface area contributed by atoms with Crippen LogP contribution in [0.4, 0.5) is 0 Å². The van der Waals surface area contributed by atoms with Crippen LogP contribution in [0, 0.1) is 0 Å². The Morgan fingerprint density at radius 1 is 1.04 bits per heavy atom. The highest BCUT2D eigenvalue weighted by Gasteiger charge is 2.17. The normalized spacial score (nSPS) is 17.3. The zero-order chi connectivity index (χ0) is 16.4. The number of hydrogen-bond acceptors (Lipinski definition) is 2. The van der Waals surface area contributed by atoms with Crippen LogP contribution in [-0.2, 0) is 13.0 Å². The molecule has 2 aromatic rings. The van der Waals surface area contributed by atoms with Gasteiger partial charge in [-0.1, -0.05) is 43.3 Å². The molecule has 0 fully saturated rings. The summed E-state index contributed by atoms with van der Waals surface area (Å²) in [6.45, 7) is 6.20. The standard InChI is InChI=1S/C22H25NO/c1-2-11-23-12-13-24-22-10-9-20(15-21(22)16-23)19-8-7-17-5-3-4-6-18(17)14-19/h3-6,9-10,14-15H,2,7-8,11-13,16H2,1H3. The van der Waals surface area contributed by atoms with Gasteiger partial charge in [0.1, 0.15) is 12.4 Å². The van der Waals surface area contributed by atoms with Crippen molar-refractivity contribution in [2.24, 2.45) is 0 Å². The van der Waals surface area contributed by atoms with Crippen LogP contribution in [-0.4, -0.2) is 24.6 Å². The summed E-state index contributed by atoms with van der Waals surface area (Å²) >= 11 is 0. The van der Waals surface area contributed by atoms with E-state index >= 15 is 0 Å². The molecular weight excluding hydrogens is 294 g/mol. The van der Waals surface area contributed by atoms with Gasteiger partial charge in [-0.3, -0.25) is 4.90 Å². The fourth-order valence-electron chi connectivity index (χ4n) is 3.81. The summed E-state index contributed by atoms with van der Waals surface area (Å²) in [7, 11) is 0. The number of ether oxygens (including phenoxy) is 1. The first-order valence-electron chi connectivity index (χ1n) is 9.10. The molecule has 0 unspecified atom stereocenters. The molecule has 1 aliphatic carbocycles. The van der Waals surface area contributed by atoms with Crippen molar-refractivity contribution in [1.29, 1.82) is 0 Å². The molecule has 124 valence electrons. The van der Waals surface area contributed by atoms with E-state index in [9.17, 15) is 0 Å². The Labute approximate surface area is 144 Å². The van der Waals surface area contributed by atoms with Gasteiger partial charge in [-0.2, -0.15) is 0 Å². The lowest BCUT2D eigenvalue weighted by Gasteiger charge is -2.20. The summed E-state index contributed by atoms with van der Waals surface area (Å²) in [5, 5.41) is 0. The monoisotopic (exact) mass is 319 g/mol. The molecule has 0 saturated heterocycles. The van der Waals surface area contributed by atoms with E-state index in [-0.39, 0.29) is 0 Å². The fourth-order valence-corrected chi connectivity index (χ4v) is 3.81. The maximum Gasteiger partial charge on any atom is 0.123 e. The Bertz CT molecular complexity index is 762. The Balaban J connectivity index is 1.65. The van der Waals surface area contributed by atoms with Crippen molar-refractivity contribution in [2.45, 2.75) is 32.7 Å². The maximum atomic E-state index is 5.96. The van der Waals surface area contributed by atoms with Crippen LogP contribution in [0.2, 0.25) is 0 Å². The van der Waals surface area contributed by atoms with Gasteiger partial charge in [-0.05, 0) is 60.2 Å². The van der Waals surface area contributed by atoms with Gasteiger partial charge in [-0.15, -0.1) is 0 Å². The van der Waals surface area contributed by atoms with Crippen molar-refractivity contribution < 1.29 is 4.74 Å². The second-order valence-corrected chi connectivity index (χ2v) is 6.82. The Morgan fingerprint density at radius 2 is 1.96 bits per heavy atom. The molecule has 1 heterocycles. The van der Waals surface area contributed by atoms with Gasteiger partial charge in [0.15, 0.2) is 0 Å². The third-order valence-corrected chi connectivity index (χ3v) is 5.08. The van der Waals surface area contributed by atoms with Crippen LogP contribution in [0.1, 0.15) is 42.0 Å². The SMILES string of the molecule is CCCN1CCOc2ccc(C3=Cc4ccccc4CC3)cc2C1. The van der Waals surface area contributed by atoms with Crippen LogP contribution in [0.5, 0.6) is 5.75 Å². The summed E-state index contributed by atoms with van der Waals surface area (Å²) < 4.78 is 5.96. The third-order valence-electron chi connectivity index (χ3n) is 5.08. The van der Waals surface area contributed by atoms with Crippen molar-refractivity contribution in [1.82, 2.24) is 4.90 Å². The van der Waals surface area contributed by atoms with Gasteiger partial charge in [0.25, 0.3) is 0 Å². The predicted octanol–water partition coefficient (Wildman–Crippen LogP) is 4.78. The molecule has 0 radical (unpaired) electrons. The first-order valence-corrected chi connectivity index (χ1v) is 9.10. The van der Waals surface area contributed by atoms with E-state index in [0.29, 0.717) is 0 Å². The second-order valence-electron chi connectivity index (χ2n) is 6.82. The lowest BCUT2D eigenvalue weighted by Crippen LogP contribution is -2.26. The van der Waals surface area contributed by atoms with Crippen molar-refractivity contribution in [3.63, 3.8) is 0 Å². The zero-order valence-electron chi connectivity index (χ0n) is 14.4. The summed E-state index contributed by atoms with van der Waals surface area (Å²) in [5.41, 5.74) is 6.97. The van der Waals surface area contributed by atoms with Gasteiger partial charge < -0.3 is 4.74 Å². The number of nitrogens with zero attached hydrogens (tertiary/aromatic N) is 1. The molecule has 1 aliphatic heterocycles. The lowest BCUT2D eigenvalue weighted by molar-refractivity contribution is 0.226. The highest BCUT2D eigenvalue weighted by Crippen LogP contribution is 2.33. The first kappa shape index (κ1) is 15.5. The van der Waals surface area contributed by atoms with E-state index < -0.39 is 0 Å². The molecule has 24 heavy (non-hydrogen) atoms. The molecule has 2 aliphatic rings. The number of hydrogen-bond donors (Lipinski definition) is 0. The fraction of sp³-hybridized carbons (Fsp3) is 0.364. The largest absolute Gasteiger partial charge is 0.492 e. The first-order chi connectivity index (χ1) is 11.8. The predicted molar refractivity (Wildman–Crippen MR) is 100 cm³/mol. The molecule has 0 amide bonds. The molecule has 4 rings (SSSR count). The van der Waals surface area contributed by atoms with Crippen molar-refractivity contribution in [3.05, 3.63) is 64.7 Å². The molecule has 0 aromatic heterocycles. The third kappa shape index (κ3) is 3.11. The minimum absolute atomic E-state index is 0.794. The Kier molecular flexibility index (Phi) is 4.40. The van der Waals surface area contributed by atoms with Gasteiger partial charge >= 0.3 is 0 Å². The molecule has 0 atom stereocenters. The van der Waals surface area contributed by atoms with Crippen LogP contribution < -0.4 is 4.74 Å². The molecule has 0 saturated carbocycles. The van der Waals surface area contributed by atoms with Gasteiger partial charge in [0.05, 0.1) is 0 Å². The Hall–Kier alpha value is -2.06. The lowest BCUT2D eigenvalue weighted by atomic mass is 9.88. The van der Waals surface area contributed by atoms with E-state index in [1.807, 2.05) is 0 Å². The zero-order valence-corrected chi connectivity index (χ0v) is 14.4. The van der Waals surface area contributed by atoms with E-state index in [1.54, 1.807) is 0 Å². The topological polar surface area (TPSA) is 12.5 Å². The minimum atomic E-state index is 0.794. The molecule has 0 spiro atoms. The maximum absolute atomic E-state index is 5.96. The van der Waals surface area contributed by atoms with Crippen molar-refractivity contribution >= 4 is 11.6 Å². The van der Waals surface area contributed by atoms with E-state index in [4.69, 9.17) is 4.74 Å². The molecule has 2 heteroatoms. The van der Waals surface area contributed by atoms with Crippen LogP contribution >= 0.6 is 0 Å². The summed E-state index contributed by atoms with van der Waals surface area (Å²) in [6, 6.07) is 15.5. The van der Waals surface area contributed by atoms with E-state index in [0.717, 1.165) is 44.8 Å². The van der Waals surface area contributed by atoms with E-state index in [2.05, 4.69) is 60.4 Å². The van der Waals surface area contributed by atoms with Crippen LogP contribution in [0.25, 0.3) is 11.6 Å². The second kappa shape index (κ2) is 6.82. The summed E-state index contributed by atoms with van der Waals surface area (Å²) in [4.78, 5) is 2.50.